The second-order valence-corrected chi connectivity index (χ2v) is 6.50. The molecule has 7 heteroatoms. The van der Waals surface area contributed by atoms with Crippen LogP contribution in [0.5, 0.6) is 0 Å². The van der Waals surface area contributed by atoms with Crippen molar-refractivity contribution in [2.75, 3.05) is 7.05 Å². The molecule has 0 fully saturated rings. The Balaban J connectivity index is 1.79. The summed E-state index contributed by atoms with van der Waals surface area (Å²) in [4.78, 5) is 26.0. The molecule has 1 aromatic heterocycles. The molecule has 0 N–H and O–H groups in total. The smallest absolute Gasteiger partial charge is 0.244 e. The van der Waals surface area contributed by atoms with Gasteiger partial charge in [-0.3, -0.25) is 14.3 Å². The van der Waals surface area contributed by atoms with Gasteiger partial charge < -0.3 is 4.90 Å². The van der Waals surface area contributed by atoms with Crippen molar-refractivity contribution in [2.24, 2.45) is 0 Å². The van der Waals surface area contributed by atoms with Crippen LogP contribution < -0.4 is 5.43 Å². The highest BCUT2D eigenvalue weighted by molar-refractivity contribution is 6.42. The van der Waals surface area contributed by atoms with Crippen LogP contribution in [0.2, 0.25) is 10.0 Å². The molecular formula is C18H15Cl2N3O2. The molecule has 128 valence electrons. The summed E-state index contributed by atoms with van der Waals surface area (Å²) in [6.07, 6.45) is 1.23. The first-order valence-corrected chi connectivity index (χ1v) is 8.34. The average molecular weight is 376 g/mol. The van der Waals surface area contributed by atoms with Gasteiger partial charge in [0.05, 0.1) is 21.8 Å². The third-order valence-corrected chi connectivity index (χ3v) is 4.62. The summed E-state index contributed by atoms with van der Waals surface area (Å²) in [6, 6.07) is 12.4. The molecule has 0 aliphatic heterocycles. The van der Waals surface area contributed by atoms with E-state index in [-0.39, 0.29) is 17.9 Å². The van der Waals surface area contributed by atoms with E-state index in [0.29, 0.717) is 27.5 Å². The highest BCUT2D eigenvalue weighted by atomic mass is 35.5. The quantitative estimate of drug-likeness (QED) is 0.702. The lowest BCUT2D eigenvalue weighted by Gasteiger charge is -2.18. The van der Waals surface area contributed by atoms with Crippen LogP contribution in [0.4, 0.5) is 0 Å². The van der Waals surface area contributed by atoms with Crippen molar-refractivity contribution in [1.29, 1.82) is 0 Å². The third kappa shape index (κ3) is 3.83. The SMILES string of the molecule is CN(Cc1ccc(Cl)c(Cl)c1)C(=O)Cn1ncc(=O)c2ccccc21. The minimum atomic E-state index is -0.163. The number of rotatable bonds is 4. The Bertz CT molecular complexity index is 1000. The van der Waals surface area contributed by atoms with E-state index in [9.17, 15) is 9.59 Å². The van der Waals surface area contributed by atoms with Crippen molar-refractivity contribution in [2.45, 2.75) is 13.1 Å². The molecule has 0 atom stereocenters. The number of hydrogen-bond donors (Lipinski definition) is 0. The van der Waals surface area contributed by atoms with Crippen LogP contribution in [0.15, 0.2) is 53.5 Å². The highest BCUT2D eigenvalue weighted by Gasteiger charge is 2.13. The van der Waals surface area contributed by atoms with Gasteiger partial charge in [0.1, 0.15) is 6.54 Å². The Morgan fingerprint density at radius 2 is 1.92 bits per heavy atom. The van der Waals surface area contributed by atoms with Gasteiger partial charge in [0.15, 0.2) is 0 Å². The van der Waals surface area contributed by atoms with Gasteiger partial charge in [-0.15, -0.1) is 0 Å². The monoisotopic (exact) mass is 375 g/mol. The molecule has 3 aromatic rings. The molecular weight excluding hydrogens is 361 g/mol. The van der Waals surface area contributed by atoms with Crippen LogP contribution >= 0.6 is 23.2 Å². The largest absolute Gasteiger partial charge is 0.340 e. The lowest BCUT2D eigenvalue weighted by molar-refractivity contribution is -0.131. The number of aromatic nitrogens is 2. The maximum absolute atomic E-state index is 12.5. The van der Waals surface area contributed by atoms with Gasteiger partial charge in [-0.2, -0.15) is 5.10 Å². The molecule has 0 spiro atoms. The minimum Gasteiger partial charge on any atom is -0.340 e. The molecule has 1 heterocycles. The normalized spacial score (nSPS) is 10.8. The molecule has 3 rings (SSSR count). The predicted octanol–water partition coefficient (Wildman–Crippen LogP) is 3.36. The van der Waals surface area contributed by atoms with Gasteiger partial charge in [0.2, 0.25) is 11.3 Å². The van der Waals surface area contributed by atoms with Crippen molar-refractivity contribution in [3.8, 4) is 0 Å². The van der Waals surface area contributed by atoms with Gasteiger partial charge in [-0.25, -0.2) is 0 Å². The van der Waals surface area contributed by atoms with Crippen LogP contribution in [0.1, 0.15) is 5.56 Å². The number of carbonyl (C=O) groups is 1. The van der Waals surface area contributed by atoms with Crippen LogP contribution in [0, 0.1) is 0 Å². The summed E-state index contributed by atoms with van der Waals surface area (Å²) in [6.45, 7) is 0.437. The van der Waals surface area contributed by atoms with Gasteiger partial charge in [-0.1, -0.05) is 41.4 Å². The molecule has 0 aliphatic rings. The summed E-state index contributed by atoms with van der Waals surface area (Å²) >= 11 is 11.9. The van der Waals surface area contributed by atoms with Gasteiger partial charge >= 0.3 is 0 Å². The second kappa shape index (κ2) is 7.25. The van der Waals surface area contributed by atoms with E-state index in [0.717, 1.165) is 5.56 Å². The number of nitrogens with zero attached hydrogens (tertiary/aromatic N) is 3. The molecule has 2 aromatic carbocycles. The molecule has 0 radical (unpaired) electrons. The summed E-state index contributed by atoms with van der Waals surface area (Å²) in [5.41, 5.74) is 1.35. The zero-order valence-corrected chi connectivity index (χ0v) is 15.0. The Morgan fingerprint density at radius 3 is 2.68 bits per heavy atom. The van der Waals surface area contributed by atoms with Crippen LogP contribution in [0.25, 0.3) is 10.9 Å². The summed E-state index contributed by atoms with van der Waals surface area (Å²) in [7, 11) is 1.70. The summed E-state index contributed by atoms with van der Waals surface area (Å²) < 4.78 is 1.53. The third-order valence-electron chi connectivity index (χ3n) is 3.88. The zero-order chi connectivity index (χ0) is 18.0. The molecule has 0 saturated heterocycles. The topological polar surface area (TPSA) is 55.2 Å². The number of benzene rings is 2. The number of likely N-dealkylation sites (N-methyl/N-ethyl adjacent to an activating group) is 1. The van der Waals surface area contributed by atoms with E-state index >= 15 is 0 Å². The molecule has 5 nitrogen and oxygen atoms in total. The number of hydrogen-bond acceptors (Lipinski definition) is 3. The van der Waals surface area contributed by atoms with E-state index < -0.39 is 0 Å². The van der Waals surface area contributed by atoms with Crippen molar-refractivity contribution < 1.29 is 4.79 Å². The number of halogens is 2. The zero-order valence-electron chi connectivity index (χ0n) is 13.4. The fraction of sp³-hybridized carbons (Fsp3) is 0.167. The predicted molar refractivity (Wildman–Crippen MR) is 98.9 cm³/mol. The number of amides is 1. The molecule has 0 aliphatic carbocycles. The first-order chi connectivity index (χ1) is 12.0. The maximum Gasteiger partial charge on any atom is 0.244 e. The lowest BCUT2D eigenvalue weighted by atomic mass is 10.2. The lowest BCUT2D eigenvalue weighted by Crippen LogP contribution is -2.31. The molecule has 25 heavy (non-hydrogen) atoms. The standard InChI is InChI=1S/C18H15Cl2N3O2/c1-22(10-12-6-7-14(19)15(20)8-12)18(25)11-23-16-5-3-2-4-13(16)17(24)9-21-23/h2-9H,10-11H2,1H3. The molecule has 1 amide bonds. The Morgan fingerprint density at radius 1 is 1.16 bits per heavy atom. The molecule has 0 bridgehead atoms. The first-order valence-electron chi connectivity index (χ1n) is 7.58. The van der Waals surface area contributed by atoms with Crippen LogP contribution in [-0.4, -0.2) is 27.6 Å². The summed E-state index contributed by atoms with van der Waals surface area (Å²) in [5.74, 6) is -0.132. The van der Waals surface area contributed by atoms with Crippen molar-refractivity contribution in [3.05, 3.63) is 74.5 Å². The van der Waals surface area contributed by atoms with Crippen molar-refractivity contribution >= 4 is 40.0 Å². The maximum atomic E-state index is 12.5. The van der Waals surface area contributed by atoms with E-state index in [1.807, 2.05) is 12.1 Å². The Kier molecular flexibility index (Phi) is 5.06. The first kappa shape index (κ1) is 17.5. The van der Waals surface area contributed by atoms with Gasteiger partial charge in [0, 0.05) is 19.0 Å². The van der Waals surface area contributed by atoms with E-state index in [2.05, 4.69) is 5.10 Å². The fourth-order valence-corrected chi connectivity index (χ4v) is 2.86. The average Bonchev–Trinajstić information content (AvgIpc) is 2.60. The minimum absolute atomic E-state index is 0.0403. The number of para-hydroxylation sites is 1. The van der Waals surface area contributed by atoms with Crippen molar-refractivity contribution in [3.63, 3.8) is 0 Å². The van der Waals surface area contributed by atoms with Gasteiger partial charge in [0.25, 0.3) is 0 Å². The van der Waals surface area contributed by atoms with Crippen molar-refractivity contribution in [1.82, 2.24) is 14.7 Å². The highest BCUT2D eigenvalue weighted by Crippen LogP contribution is 2.23. The van der Waals surface area contributed by atoms with E-state index in [1.54, 1.807) is 42.3 Å². The van der Waals surface area contributed by atoms with E-state index in [1.165, 1.54) is 10.9 Å². The Hall–Kier alpha value is -2.37. The fourth-order valence-electron chi connectivity index (χ4n) is 2.54. The van der Waals surface area contributed by atoms with Gasteiger partial charge in [-0.05, 0) is 29.8 Å². The van der Waals surface area contributed by atoms with E-state index in [4.69, 9.17) is 23.2 Å². The summed E-state index contributed by atoms with van der Waals surface area (Å²) in [5, 5.41) is 5.55. The van der Waals surface area contributed by atoms with Crippen LogP contribution in [0.3, 0.4) is 0 Å². The number of carbonyl (C=O) groups excluding carboxylic acids is 1. The second-order valence-electron chi connectivity index (χ2n) is 5.68. The molecule has 0 saturated carbocycles. The van der Waals surface area contributed by atoms with Crippen LogP contribution in [-0.2, 0) is 17.9 Å². The molecule has 0 unspecified atom stereocenters. The Labute approximate surface area is 154 Å². The number of fused-ring (bicyclic) bond motifs is 1.